The quantitative estimate of drug-likeness (QED) is 0.615. The first kappa shape index (κ1) is 16.8. The average molecular weight is 381 g/mol. The van der Waals surface area contributed by atoms with Crippen molar-refractivity contribution in [2.75, 3.05) is 0 Å². The highest BCUT2D eigenvalue weighted by atomic mass is 32.2. The Bertz CT molecular complexity index is 1200. The number of hydrogen-bond donors (Lipinski definition) is 1. The average Bonchev–Trinajstić information content (AvgIpc) is 2.99. The number of H-pyrrole nitrogens is 1. The zero-order valence-electron chi connectivity index (χ0n) is 13.3. The van der Waals surface area contributed by atoms with Gasteiger partial charge in [0.15, 0.2) is 0 Å². The number of halogens is 4. The molecule has 0 saturated carbocycles. The summed E-state index contributed by atoms with van der Waals surface area (Å²) in [6.45, 7) is 1.66. The minimum Gasteiger partial charge on any atom is -0.358 e. The Hall–Kier alpha value is -2.61. The summed E-state index contributed by atoms with van der Waals surface area (Å²) in [5.41, 5.74) is 0.632. The molecule has 4 rings (SSSR count). The summed E-state index contributed by atoms with van der Waals surface area (Å²) in [7, 11) is -3.88. The second-order valence-electron chi connectivity index (χ2n) is 6.10. The number of sulfone groups is 1. The fourth-order valence-corrected chi connectivity index (χ4v) is 4.70. The van der Waals surface area contributed by atoms with Gasteiger partial charge in [0.25, 0.3) is 0 Å². The normalized spacial score (nSPS) is 16.0. The van der Waals surface area contributed by atoms with Crippen molar-refractivity contribution >= 4 is 26.3 Å². The molecule has 1 aliphatic rings. The highest BCUT2D eigenvalue weighted by molar-refractivity contribution is 7.95. The highest BCUT2D eigenvalue weighted by Gasteiger charge is 2.35. The molecule has 3 aromatic rings. The SMILES string of the molecule is Cc1[nH]c2ccc(F)cc2c1C1=CS(=O)(=O)c2ccc(C(F)(F)F)cc21. The number of fused-ring (bicyclic) bond motifs is 2. The molecule has 0 aliphatic carbocycles. The lowest BCUT2D eigenvalue weighted by molar-refractivity contribution is -0.137. The molecule has 0 spiro atoms. The van der Waals surface area contributed by atoms with E-state index in [1.165, 1.54) is 18.2 Å². The van der Waals surface area contributed by atoms with Crippen LogP contribution < -0.4 is 0 Å². The van der Waals surface area contributed by atoms with Gasteiger partial charge in [0.2, 0.25) is 9.84 Å². The van der Waals surface area contributed by atoms with Gasteiger partial charge in [-0.3, -0.25) is 0 Å². The van der Waals surface area contributed by atoms with Crippen molar-refractivity contribution in [2.24, 2.45) is 0 Å². The summed E-state index contributed by atoms with van der Waals surface area (Å²) >= 11 is 0. The van der Waals surface area contributed by atoms with Crippen LogP contribution in [0.15, 0.2) is 46.7 Å². The maximum Gasteiger partial charge on any atom is 0.416 e. The molecular formula is C18H11F4NO2S. The predicted molar refractivity (Wildman–Crippen MR) is 88.7 cm³/mol. The molecule has 1 aromatic heterocycles. The lowest BCUT2D eigenvalue weighted by atomic mass is 9.95. The lowest BCUT2D eigenvalue weighted by Gasteiger charge is -2.11. The first-order chi connectivity index (χ1) is 12.1. The van der Waals surface area contributed by atoms with Gasteiger partial charge in [0.05, 0.1) is 10.5 Å². The van der Waals surface area contributed by atoms with Crippen molar-refractivity contribution in [2.45, 2.75) is 18.0 Å². The molecule has 26 heavy (non-hydrogen) atoms. The molecular weight excluding hydrogens is 370 g/mol. The Kier molecular flexibility index (Phi) is 3.37. The van der Waals surface area contributed by atoms with E-state index >= 15 is 0 Å². The number of aryl methyl sites for hydroxylation is 1. The van der Waals surface area contributed by atoms with Gasteiger partial charge in [-0.15, -0.1) is 0 Å². The number of aromatic nitrogens is 1. The fraction of sp³-hybridized carbons (Fsp3) is 0.111. The first-order valence-electron chi connectivity index (χ1n) is 7.54. The fourth-order valence-electron chi connectivity index (χ4n) is 3.29. The third-order valence-corrected chi connectivity index (χ3v) is 5.91. The molecule has 0 fully saturated rings. The number of nitrogens with one attached hydrogen (secondary N) is 1. The second kappa shape index (κ2) is 5.20. The van der Waals surface area contributed by atoms with Gasteiger partial charge in [0, 0.05) is 38.7 Å². The van der Waals surface area contributed by atoms with Crippen LogP contribution in [0.3, 0.4) is 0 Å². The molecule has 134 valence electrons. The van der Waals surface area contributed by atoms with Crippen LogP contribution in [0.25, 0.3) is 16.5 Å². The number of rotatable bonds is 1. The van der Waals surface area contributed by atoms with Crippen molar-refractivity contribution in [1.82, 2.24) is 4.98 Å². The summed E-state index contributed by atoms with van der Waals surface area (Å²) in [6, 6.07) is 6.50. The second-order valence-corrected chi connectivity index (χ2v) is 7.87. The molecule has 0 amide bonds. The van der Waals surface area contributed by atoms with Crippen LogP contribution in [0.4, 0.5) is 17.6 Å². The molecule has 0 unspecified atom stereocenters. The number of hydrogen-bond acceptors (Lipinski definition) is 2. The monoisotopic (exact) mass is 381 g/mol. The molecule has 0 atom stereocenters. The molecule has 0 bridgehead atoms. The van der Waals surface area contributed by atoms with Crippen molar-refractivity contribution in [3.63, 3.8) is 0 Å². The van der Waals surface area contributed by atoms with Crippen LogP contribution in [-0.2, 0) is 16.0 Å². The highest BCUT2D eigenvalue weighted by Crippen LogP contribution is 2.43. The molecule has 2 heterocycles. The summed E-state index contributed by atoms with van der Waals surface area (Å²) in [6.07, 6.45) is -4.60. The van der Waals surface area contributed by atoms with Crippen LogP contribution in [0, 0.1) is 12.7 Å². The van der Waals surface area contributed by atoms with Crippen LogP contribution >= 0.6 is 0 Å². The lowest BCUT2D eigenvalue weighted by Crippen LogP contribution is -2.06. The van der Waals surface area contributed by atoms with Gasteiger partial charge in [-0.05, 0) is 43.3 Å². The van der Waals surface area contributed by atoms with E-state index in [0.717, 1.165) is 23.6 Å². The van der Waals surface area contributed by atoms with E-state index in [0.29, 0.717) is 22.2 Å². The van der Waals surface area contributed by atoms with Crippen molar-refractivity contribution in [3.05, 3.63) is 70.0 Å². The minimum absolute atomic E-state index is 0.0342. The Labute approximate surface area is 145 Å². The van der Waals surface area contributed by atoms with Crippen LogP contribution in [0.2, 0.25) is 0 Å². The summed E-state index contributed by atoms with van der Waals surface area (Å²) < 4.78 is 77.7. The number of alkyl halides is 3. The van der Waals surface area contributed by atoms with E-state index in [-0.39, 0.29) is 16.0 Å². The molecule has 3 nitrogen and oxygen atoms in total. The third kappa shape index (κ3) is 2.44. The van der Waals surface area contributed by atoms with Gasteiger partial charge >= 0.3 is 6.18 Å². The van der Waals surface area contributed by atoms with E-state index in [9.17, 15) is 26.0 Å². The maximum atomic E-state index is 13.7. The van der Waals surface area contributed by atoms with Crippen molar-refractivity contribution in [1.29, 1.82) is 0 Å². The van der Waals surface area contributed by atoms with Gasteiger partial charge in [-0.25, -0.2) is 12.8 Å². The molecule has 0 radical (unpaired) electrons. The molecule has 2 aromatic carbocycles. The molecule has 0 saturated heterocycles. The summed E-state index contributed by atoms with van der Waals surface area (Å²) in [5, 5.41) is 1.35. The Morgan fingerprint density at radius 3 is 2.46 bits per heavy atom. The minimum atomic E-state index is -4.60. The largest absolute Gasteiger partial charge is 0.416 e. The van der Waals surface area contributed by atoms with Crippen LogP contribution in [-0.4, -0.2) is 13.4 Å². The summed E-state index contributed by atoms with van der Waals surface area (Å²) in [4.78, 5) is 2.82. The van der Waals surface area contributed by atoms with Gasteiger partial charge < -0.3 is 4.98 Å². The first-order valence-corrected chi connectivity index (χ1v) is 9.09. The Morgan fingerprint density at radius 2 is 1.77 bits per heavy atom. The Balaban J connectivity index is 2.04. The standard InChI is InChI=1S/C18H11F4NO2S/c1-9-17(13-7-11(19)3-4-15(13)23-9)14-8-26(24,25)16-5-2-10(6-12(14)16)18(20,21)22/h2-8,23H,1H3. The topological polar surface area (TPSA) is 49.9 Å². The molecule has 1 N–H and O–H groups in total. The van der Waals surface area contributed by atoms with E-state index in [1.54, 1.807) is 6.92 Å². The summed E-state index contributed by atoms with van der Waals surface area (Å²) in [5.74, 6) is -0.525. The van der Waals surface area contributed by atoms with Crippen LogP contribution in [0.5, 0.6) is 0 Å². The Morgan fingerprint density at radius 1 is 1.04 bits per heavy atom. The molecule has 1 aliphatic heterocycles. The number of benzene rings is 2. The smallest absolute Gasteiger partial charge is 0.358 e. The maximum absolute atomic E-state index is 13.7. The van der Waals surface area contributed by atoms with Crippen molar-refractivity contribution < 1.29 is 26.0 Å². The zero-order valence-corrected chi connectivity index (χ0v) is 14.1. The van der Waals surface area contributed by atoms with Crippen molar-refractivity contribution in [3.8, 4) is 0 Å². The van der Waals surface area contributed by atoms with E-state index < -0.39 is 27.4 Å². The van der Waals surface area contributed by atoms with E-state index in [2.05, 4.69) is 4.98 Å². The van der Waals surface area contributed by atoms with E-state index in [4.69, 9.17) is 0 Å². The predicted octanol–water partition coefficient (Wildman–Crippen LogP) is 4.81. The van der Waals surface area contributed by atoms with Crippen LogP contribution in [0.1, 0.15) is 22.4 Å². The number of aromatic amines is 1. The van der Waals surface area contributed by atoms with Gasteiger partial charge in [-0.2, -0.15) is 13.2 Å². The third-order valence-electron chi connectivity index (χ3n) is 4.39. The molecule has 8 heteroatoms. The van der Waals surface area contributed by atoms with Gasteiger partial charge in [-0.1, -0.05) is 0 Å². The zero-order chi connectivity index (χ0) is 18.9. The van der Waals surface area contributed by atoms with E-state index in [1.807, 2.05) is 0 Å². The van der Waals surface area contributed by atoms with Gasteiger partial charge in [0.1, 0.15) is 5.82 Å².